The third-order valence-electron chi connectivity index (χ3n) is 3.27. The molecule has 3 heterocycles. The summed E-state index contributed by atoms with van der Waals surface area (Å²) in [5.41, 5.74) is 1.97. The number of rotatable bonds is 4. The summed E-state index contributed by atoms with van der Waals surface area (Å²) in [7, 11) is 0. The molecule has 0 unspecified atom stereocenters. The number of thiophene rings is 1. The van der Waals surface area contributed by atoms with Crippen LogP contribution in [0.1, 0.15) is 5.69 Å². The minimum atomic E-state index is 0.699. The van der Waals surface area contributed by atoms with Gasteiger partial charge in [-0.2, -0.15) is 0 Å². The first-order valence-electron chi connectivity index (χ1n) is 6.85. The van der Waals surface area contributed by atoms with E-state index in [1.54, 1.807) is 29.4 Å². The van der Waals surface area contributed by atoms with Crippen molar-refractivity contribution < 1.29 is 4.42 Å². The standard InChI is InChI=1S/C17H12N2OS2/c1-2-5-14-13(4-1)15(7-8-18-14)22-11-12-10-20-17(19-12)16-6-3-9-21-16/h1-10H,11H2. The summed E-state index contributed by atoms with van der Waals surface area (Å²) < 4.78 is 5.56. The number of oxazole rings is 1. The molecule has 22 heavy (non-hydrogen) atoms. The van der Waals surface area contributed by atoms with Crippen LogP contribution < -0.4 is 0 Å². The quantitative estimate of drug-likeness (QED) is 0.481. The number of pyridine rings is 1. The lowest BCUT2D eigenvalue weighted by atomic mass is 10.2. The van der Waals surface area contributed by atoms with Crippen molar-refractivity contribution in [3.8, 4) is 10.8 Å². The largest absolute Gasteiger partial charge is 0.444 e. The molecule has 0 aliphatic heterocycles. The van der Waals surface area contributed by atoms with Gasteiger partial charge in [-0.05, 0) is 23.6 Å². The van der Waals surface area contributed by atoms with Gasteiger partial charge < -0.3 is 4.42 Å². The van der Waals surface area contributed by atoms with Crippen molar-refractivity contribution >= 4 is 34.0 Å². The highest BCUT2D eigenvalue weighted by Gasteiger charge is 2.09. The Morgan fingerprint density at radius 3 is 2.95 bits per heavy atom. The maximum absolute atomic E-state index is 5.56. The number of benzene rings is 1. The van der Waals surface area contributed by atoms with Gasteiger partial charge in [-0.25, -0.2) is 4.98 Å². The fraction of sp³-hybridized carbons (Fsp3) is 0.0588. The molecule has 4 rings (SSSR count). The van der Waals surface area contributed by atoms with Gasteiger partial charge in [-0.1, -0.05) is 24.3 Å². The first-order valence-corrected chi connectivity index (χ1v) is 8.71. The van der Waals surface area contributed by atoms with Gasteiger partial charge in [0.25, 0.3) is 0 Å². The fourth-order valence-electron chi connectivity index (χ4n) is 2.23. The zero-order valence-electron chi connectivity index (χ0n) is 11.6. The van der Waals surface area contributed by atoms with Gasteiger partial charge in [0.1, 0.15) is 6.26 Å². The second-order valence-corrected chi connectivity index (χ2v) is 6.70. The van der Waals surface area contributed by atoms with Crippen LogP contribution in [0.15, 0.2) is 69.6 Å². The summed E-state index contributed by atoms with van der Waals surface area (Å²) >= 11 is 3.39. The minimum Gasteiger partial charge on any atom is -0.444 e. The molecule has 4 aromatic rings. The van der Waals surface area contributed by atoms with Gasteiger partial charge in [0.2, 0.25) is 5.89 Å². The van der Waals surface area contributed by atoms with Gasteiger partial charge in [-0.3, -0.25) is 4.98 Å². The average Bonchev–Trinajstić information content (AvgIpc) is 3.24. The highest BCUT2D eigenvalue weighted by molar-refractivity contribution is 7.98. The van der Waals surface area contributed by atoms with Crippen LogP contribution in [-0.4, -0.2) is 9.97 Å². The molecule has 0 amide bonds. The lowest BCUT2D eigenvalue weighted by Crippen LogP contribution is -1.84. The smallest absolute Gasteiger partial charge is 0.236 e. The molecule has 1 aromatic carbocycles. The number of hydrogen-bond donors (Lipinski definition) is 0. The number of para-hydroxylation sites is 1. The van der Waals surface area contributed by atoms with E-state index in [1.807, 2.05) is 48.0 Å². The zero-order chi connectivity index (χ0) is 14.8. The van der Waals surface area contributed by atoms with Crippen molar-refractivity contribution in [1.29, 1.82) is 0 Å². The summed E-state index contributed by atoms with van der Waals surface area (Å²) in [5, 5.41) is 3.20. The predicted octanol–water partition coefficient (Wildman–Crippen LogP) is 5.24. The van der Waals surface area contributed by atoms with Crippen LogP contribution in [0, 0.1) is 0 Å². The molecule has 0 spiro atoms. The van der Waals surface area contributed by atoms with Gasteiger partial charge in [0.15, 0.2) is 0 Å². The highest BCUT2D eigenvalue weighted by Crippen LogP contribution is 2.30. The van der Waals surface area contributed by atoms with Gasteiger partial charge >= 0.3 is 0 Å². The molecule has 0 bridgehead atoms. The first-order chi connectivity index (χ1) is 10.9. The van der Waals surface area contributed by atoms with Gasteiger partial charge in [0.05, 0.1) is 16.1 Å². The van der Waals surface area contributed by atoms with Crippen molar-refractivity contribution in [3.63, 3.8) is 0 Å². The summed E-state index contributed by atoms with van der Waals surface area (Å²) in [4.78, 5) is 11.2. The molecule has 0 atom stereocenters. The molecule has 0 radical (unpaired) electrons. The van der Waals surface area contributed by atoms with E-state index >= 15 is 0 Å². The van der Waals surface area contributed by atoms with E-state index in [1.165, 1.54) is 10.3 Å². The van der Waals surface area contributed by atoms with E-state index in [-0.39, 0.29) is 0 Å². The Balaban J connectivity index is 1.55. The second kappa shape index (κ2) is 5.94. The minimum absolute atomic E-state index is 0.699. The Labute approximate surface area is 136 Å². The van der Waals surface area contributed by atoms with E-state index in [2.05, 4.69) is 16.0 Å². The fourth-order valence-corrected chi connectivity index (χ4v) is 3.81. The van der Waals surface area contributed by atoms with Crippen LogP contribution in [0.25, 0.3) is 21.7 Å². The van der Waals surface area contributed by atoms with Crippen molar-refractivity contribution in [1.82, 2.24) is 9.97 Å². The maximum atomic E-state index is 5.56. The number of nitrogens with zero attached hydrogens (tertiary/aromatic N) is 2. The van der Waals surface area contributed by atoms with E-state index in [0.29, 0.717) is 5.89 Å². The molecule has 3 aromatic heterocycles. The number of thioether (sulfide) groups is 1. The molecule has 0 aliphatic carbocycles. The normalized spacial score (nSPS) is 11.1. The van der Waals surface area contributed by atoms with Crippen LogP contribution in [0.5, 0.6) is 0 Å². The molecular formula is C17H12N2OS2. The third kappa shape index (κ3) is 2.65. The third-order valence-corrected chi connectivity index (χ3v) is 5.23. The monoisotopic (exact) mass is 324 g/mol. The molecule has 0 fully saturated rings. The summed E-state index contributed by atoms with van der Waals surface area (Å²) in [6.07, 6.45) is 3.59. The van der Waals surface area contributed by atoms with Gasteiger partial charge in [0, 0.05) is 22.2 Å². The van der Waals surface area contributed by atoms with E-state index in [4.69, 9.17) is 4.42 Å². The molecule has 3 nitrogen and oxygen atoms in total. The van der Waals surface area contributed by atoms with E-state index < -0.39 is 0 Å². The van der Waals surface area contributed by atoms with Crippen LogP contribution in [-0.2, 0) is 5.75 Å². The Bertz CT molecular complexity index is 895. The molecule has 0 aliphatic rings. The molecule has 108 valence electrons. The Kier molecular flexibility index (Phi) is 3.66. The summed E-state index contributed by atoms with van der Waals surface area (Å²) in [6, 6.07) is 14.3. The zero-order valence-corrected chi connectivity index (χ0v) is 13.2. The number of fused-ring (bicyclic) bond motifs is 1. The van der Waals surface area contributed by atoms with E-state index in [9.17, 15) is 0 Å². The maximum Gasteiger partial charge on any atom is 0.236 e. The van der Waals surface area contributed by atoms with Crippen molar-refractivity contribution in [2.24, 2.45) is 0 Å². The predicted molar refractivity (Wildman–Crippen MR) is 91.1 cm³/mol. The lowest BCUT2D eigenvalue weighted by molar-refractivity contribution is 0.575. The molecule has 5 heteroatoms. The second-order valence-electron chi connectivity index (χ2n) is 4.74. The molecule has 0 saturated carbocycles. The number of aromatic nitrogens is 2. The molecular weight excluding hydrogens is 312 g/mol. The van der Waals surface area contributed by atoms with Crippen LogP contribution in [0.3, 0.4) is 0 Å². The number of hydrogen-bond acceptors (Lipinski definition) is 5. The topological polar surface area (TPSA) is 38.9 Å². The van der Waals surface area contributed by atoms with E-state index in [0.717, 1.165) is 21.8 Å². The lowest BCUT2D eigenvalue weighted by Gasteiger charge is -2.03. The average molecular weight is 324 g/mol. The van der Waals surface area contributed by atoms with Crippen molar-refractivity contribution in [2.45, 2.75) is 10.6 Å². The Morgan fingerprint density at radius 2 is 2.05 bits per heavy atom. The Hall–Kier alpha value is -2.11. The SMILES string of the molecule is c1csc(-c2nc(CSc3ccnc4ccccc34)co2)c1. The van der Waals surface area contributed by atoms with Gasteiger partial charge in [-0.15, -0.1) is 23.1 Å². The highest BCUT2D eigenvalue weighted by atomic mass is 32.2. The molecule has 0 saturated heterocycles. The Morgan fingerprint density at radius 1 is 1.09 bits per heavy atom. The molecule has 0 N–H and O–H groups in total. The van der Waals surface area contributed by atoms with Crippen LogP contribution in [0.2, 0.25) is 0 Å². The summed E-state index contributed by atoms with van der Waals surface area (Å²) in [6.45, 7) is 0. The van der Waals surface area contributed by atoms with Crippen LogP contribution in [0.4, 0.5) is 0 Å². The van der Waals surface area contributed by atoms with Crippen LogP contribution >= 0.6 is 23.1 Å². The first kappa shape index (κ1) is 13.5. The van der Waals surface area contributed by atoms with Crippen molar-refractivity contribution in [3.05, 3.63) is 66.0 Å². The van der Waals surface area contributed by atoms with Crippen molar-refractivity contribution in [2.75, 3.05) is 0 Å². The summed E-state index contributed by atoms with van der Waals surface area (Å²) in [5.74, 6) is 1.48.